The van der Waals surface area contributed by atoms with Gasteiger partial charge in [-0.05, 0) is 79.1 Å². The van der Waals surface area contributed by atoms with E-state index in [1.54, 1.807) is 0 Å². The summed E-state index contributed by atoms with van der Waals surface area (Å²) in [6.07, 6.45) is 4.45. The van der Waals surface area contributed by atoms with Crippen molar-refractivity contribution in [3.8, 4) is 5.75 Å². The average Bonchev–Trinajstić information content (AvgIpc) is 3.64. The molecule has 3 heterocycles. The number of nitrogens with one attached hydrogen (secondary N) is 1. The van der Waals surface area contributed by atoms with Crippen LogP contribution in [0.15, 0.2) is 47.3 Å². The van der Waals surface area contributed by atoms with Crippen LogP contribution < -0.4 is 15.2 Å². The van der Waals surface area contributed by atoms with Gasteiger partial charge in [0.25, 0.3) is 5.56 Å². The quantitative estimate of drug-likeness (QED) is 0.352. The number of piperazine rings is 1. The van der Waals surface area contributed by atoms with Crippen LogP contribution in [-0.4, -0.2) is 62.9 Å². The van der Waals surface area contributed by atoms with Gasteiger partial charge in [0.05, 0.1) is 12.6 Å². The molecule has 0 amide bonds. The van der Waals surface area contributed by atoms with Crippen LogP contribution in [0, 0.1) is 6.92 Å². The fraction of sp³-hybridized carbons (Fsp3) is 0.448. The number of hydrogen-bond acceptors (Lipinski definition) is 7. The van der Waals surface area contributed by atoms with Gasteiger partial charge in [-0.2, -0.15) is 0 Å². The smallest absolute Gasteiger partial charge is 0.253 e. The van der Waals surface area contributed by atoms with Gasteiger partial charge in [0.1, 0.15) is 11.8 Å². The Morgan fingerprint density at radius 2 is 1.87 bits per heavy atom. The number of H-pyrrole nitrogens is 1. The summed E-state index contributed by atoms with van der Waals surface area (Å²) in [5.41, 5.74) is 3.66. The molecule has 0 bridgehead atoms. The number of fused-ring (bicyclic) bond motifs is 1. The molecule has 1 aliphatic carbocycles. The van der Waals surface area contributed by atoms with E-state index in [4.69, 9.17) is 16.3 Å². The maximum absolute atomic E-state index is 13.6. The van der Waals surface area contributed by atoms with Crippen molar-refractivity contribution in [3.63, 3.8) is 0 Å². The van der Waals surface area contributed by atoms with Crippen LogP contribution >= 0.6 is 11.6 Å². The Morgan fingerprint density at radius 3 is 2.64 bits per heavy atom. The highest BCUT2D eigenvalue weighted by Gasteiger charge is 2.35. The van der Waals surface area contributed by atoms with E-state index < -0.39 is 0 Å². The number of anilines is 1. The predicted octanol–water partition coefficient (Wildman–Crippen LogP) is 4.90. The lowest BCUT2D eigenvalue weighted by Gasteiger charge is -2.40. The third kappa shape index (κ3) is 5.13. The summed E-state index contributed by atoms with van der Waals surface area (Å²) in [4.78, 5) is 21.4. The minimum absolute atomic E-state index is 0.120. The number of tetrazole rings is 1. The van der Waals surface area contributed by atoms with E-state index in [1.807, 2.05) is 48.0 Å². The van der Waals surface area contributed by atoms with E-state index in [9.17, 15) is 4.79 Å². The molecule has 2 fully saturated rings. The number of benzene rings is 2. The number of pyridine rings is 1. The summed E-state index contributed by atoms with van der Waals surface area (Å²) in [5.74, 6) is 1.51. The molecule has 10 heteroatoms. The Morgan fingerprint density at radius 1 is 1.08 bits per heavy atom. The highest BCUT2D eigenvalue weighted by Crippen LogP contribution is 2.35. The van der Waals surface area contributed by atoms with Crippen LogP contribution in [0.3, 0.4) is 0 Å². The molecular formula is C29H34ClN7O2. The number of aromatic nitrogens is 5. The Hall–Kier alpha value is -3.43. The molecule has 1 N–H and O–H groups in total. The number of ether oxygens (including phenoxy) is 1. The van der Waals surface area contributed by atoms with E-state index in [0.717, 1.165) is 72.2 Å². The van der Waals surface area contributed by atoms with Crippen molar-refractivity contribution in [1.29, 1.82) is 0 Å². The second kappa shape index (κ2) is 11.0. The lowest BCUT2D eigenvalue weighted by atomic mass is 10.0. The van der Waals surface area contributed by atoms with Gasteiger partial charge in [-0.25, -0.2) is 4.68 Å². The Balaban J connectivity index is 1.39. The molecule has 2 aliphatic rings. The average molecular weight is 548 g/mol. The van der Waals surface area contributed by atoms with Crippen LogP contribution in [-0.2, 0) is 0 Å². The molecule has 1 saturated heterocycles. The topological polar surface area (TPSA) is 92.2 Å². The number of aryl methyl sites for hydroxylation is 1. The van der Waals surface area contributed by atoms with Crippen molar-refractivity contribution in [2.75, 3.05) is 37.7 Å². The maximum Gasteiger partial charge on any atom is 0.253 e. The van der Waals surface area contributed by atoms with Crippen LogP contribution in [0.5, 0.6) is 5.75 Å². The van der Waals surface area contributed by atoms with Gasteiger partial charge in [0.15, 0.2) is 5.82 Å². The summed E-state index contributed by atoms with van der Waals surface area (Å²) in [5, 5.41) is 14.7. The molecule has 6 rings (SSSR count). The SMILES string of the molecule is CCOc1ccc2[nH]c(=O)c([C@H](c3nnnn3C3CCCC3)N3CCN(c4cc(Cl)ccc4C)CC3)cc2c1. The van der Waals surface area contributed by atoms with Crippen molar-refractivity contribution in [3.05, 3.63) is 74.8 Å². The fourth-order valence-electron chi connectivity index (χ4n) is 6.09. The molecule has 4 aromatic rings. The van der Waals surface area contributed by atoms with Gasteiger partial charge in [-0.15, -0.1) is 5.10 Å². The van der Waals surface area contributed by atoms with Crippen LogP contribution in [0.2, 0.25) is 5.02 Å². The van der Waals surface area contributed by atoms with E-state index in [-0.39, 0.29) is 17.6 Å². The first-order chi connectivity index (χ1) is 19.0. The molecule has 39 heavy (non-hydrogen) atoms. The van der Waals surface area contributed by atoms with Crippen LogP contribution in [0.1, 0.15) is 61.6 Å². The molecular weight excluding hydrogens is 514 g/mol. The molecule has 1 saturated carbocycles. The molecule has 9 nitrogen and oxygen atoms in total. The van der Waals surface area contributed by atoms with Crippen molar-refractivity contribution in [2.45, 2.75) is 51.6 Å². The van der Waals surface area contributed by atoms with Crippen LogP contribution in [0.4, 0.5) is 5.69 Å². The van der Waals surface area contributed by atoms with Gasteiger partial charge >= 0.3 is 0 Å². The van der Waals surface area contributed by atoms with Crippen molar-refractivity contribution < 1.29 is 4.74 Å². The standard InChI is InChI=1S/C29H34ClN7O2/c1-3-39-23-10-11-25-20(16-23)17-24(29(38)31-25)27(28-32-33-34-37(28)22-6-4-5-7-22)36-14-12-35(13-15-36)26-18-21(30)9-8-19(26)2/h8-11,16-18,22,27H,3-7,12-15H2,1-2H3,(H,31,38)/t27-/m1/s1. The zero-order valence-corrected chi connectivity index (χ0v) is 23.2. The molecule has 2 aromatic heterocycles. The summed E-state index contributed by atoms with van der Waals surface area (Å²) in [6, 6.07) is 13.7. The van der Waals surface area contributed by atoms with E-state index in [0.29, 0.717) is 12.2 Å². The number of hydrogen-bond donors (Lipinski definition) is 1. The summed E-state index contributed by atoms with van der Waals surface area (Å²) in [7, 11) is 0. The molecule has 2 aromatic carbocycles. The summed E-state index contributed by atoms with van der Waals surface area (Å²) in [6.45, 7) is 7.78. The Bertz CT molecular complexity index is 1520. The molecule has 1 atom stereocenters. The van der Waals surface area contributed by atoms with Crippen molar-refractivity contribution >= 4 is 28.2 Å². The molecule has 1 aliphatic heterocycles. The van der Waals surface area contributed by atoms with Gasteiger partial charge in [-0.1, -0.05) is 30.5 Å². The third-order valence-corrected chi connectivity index (χ3v) is 8.31. The minimum Gasteiger partial charge on any atom is -0.494 e. The van der Waals surface area contributed by atoms with Crippen molar-refractivity contribution in [1.82, 2.24) is 30.1 Å². The van der Waals surface area contributed by atoms with Crippen LogP contribution in [0.25, 0.3) is 10.9 Å². The zero-order chi connectivity index (χ0) is 26.9. The number of nitrogens with zero attached hydrogens (tertiary/aromatic N) is 6. The van der Waals surface area contributed by atoms with Gasteiger partial charge in [0.2, 0.25) is 0 Å². The number of rotatable bonds is 7. The molecule has 204 valence electrons. The molecule has 0 spiro atoms. The lowest BCUT2D eigenvalue weighted by molar-refractivity contribution is 0.197. The van der Waals surface area contributed by atoms with E-state index >= 15 is 0 Å². The first-order valence-electron chi connectivity index (χ1n) is 13.8. The summed E-state index contributed by atoms with van der Waals surface area (Å²) >= 11 is 6.33. The highest BCUT2D eigenvalue weighted by atomic mass is 35.5. The van der Waals surface area contributed by atoms with Gasteiger partial charge < -0.3 is 14.6 Å². The molecule has 0 radical (unpaired) electrons. The lowest BCUT2D eigenvalue weighted by Crippen LogP contribution is -2.49. The Kier molecular flexibility index (Phi) is 7.27. The summed E-state index contributed by atoms with van der Waals surface area (Å²) < 4.78 is 7.72. The maximum atomic E-state index is 13.6. The van der Waals surface area contributed by atoms with Crippen molar-refractivity contribution in [2.24, 2.45) is 0 Å². The van der Waals surface area contributed by atoms with E-state index in [1.165, 1.54) is 18.4 Å². The normalized spacial score (nSPS) is 17.7. The predicted molar refractivity (Wildman–Crippen MR) is 153 cm³/mol. The van der Waals surface area contributed by atoms with Gasteiger partial charge in [-0.3, -0.25) is 9.69 Å². The van der Waals surface area contributed by atoms with E-state index in [2.05, 4.69) is 43.3 Å². The minimum atomic E-state index is -0.368. The number of aromatic amines is 1. The largest absolute Gasteiger partial charge is 0.494 e. The first kappa shape index (κ1) is 25.8. The second-order valence-corrected chi connectivity index (χ2v) is 10.9. The number of halogens is 1. The third-order valence-electron chi connectivity index (χ3n) is 8.07. The first-order valence-corrected chi connectivity index (χ1v) is 14.2. The fourth-order valence-corrected chi connectivity index (χ4v) is 6.26. The Labute approximate surface area is 232 Å². The monoisotopic (exact) mass is 547 g/mol. The van der Waals surface area contributed by atoms with Gasteiger partial charge in [0, 0.05) is 53.4 Å². The molecule has 0 unspecified atom stereocenters. The second-order valence-electron chi connectivity index (χ2n) is 10.5. The zero-order valence-electron chi connectivity index (χ0n) is 22.4. The highest BCUT2D eigenvalue weighted by molar-refractivity contribution is 6.30.